The molecule has 0 aliphatic heterocycles. The van der Waals surface area contributed by atoms with Gasteiger partial charge in [-0.15, -0.1) is 0 Å². The molecule has 1 aromatic carbocycles. The van der Waals surface area contributed by atoms with E-state index in [9.17, 15) is 23.1 Å². The topological polar surface area (TPSA) is 101 Å². The van der Waals surface area contributed by atoms with Crippen molar-refractivity contribution in [3.05, 3.63) is 35.9 Å². The molecule has 0 bridgehead atoms. The molecule has 1 rings (SSSR count). The summed E-state index contributed by atoms with van der Waals surface area (Å²) in [4.78, 5) is 22.8. The molecule has 0 fully saturated rings. The Labute approximate surface area is 124 Å². The van der Waals surface area contributed by atoms with Crippen molar-refractivity contribution in [2.75, 3.05) is 18.6 Å². The van der Waals surface area contributed by atoms with Crippen molar-refractivity contribution >= 4 is 21.7 Å². The van der Waals surface area contributed by atoms with Crippen LogP contribution in [0.2, 0.25) is 0 Å². The minimum atomic E-state index is -3.08. The van der Waals surface area contributed by atoms with Crippen molar-refractivity contribution in [1.82, 2.24) is 5.32 Å². The van der Waals surface area contributed by atoms with Crippen LogP contribution in [0, 0.1) is 0 Å². The van der Waals surface area contributed by atoms with Gasteiger partial charge >= 0.3 is 5.97 Å². The molecule has 21 heavy (non-hydrogen) atoms. The molecule has 1 aromatic rings. The summed E-state index contributed by atoms with van der Waals surface area (Å²) in [6.45, 7) is -0.0168. The molecule has 1 amide bonds. The van der Waals surface area contributed by atoms with Gasteiger partial charge in [0.25, 0.3) is 0 Å². The Morgan fingerprint density at radius 3 is 2.38 bits per heavy atom. The fraction of sp³-hybridized carbons (Fsp3) is 0.429. The molecule has 0 spiro atoms. The zero-order valence-corrected chi connectivity index (χ0v) is 12.6. The summed E-state index contributed by atoms with van der Waals surface area (Å²) < 4.78 is 21.9. The van der Waals surface area contributed by atoms with E-state index in [1.165, 1.54) is 0 Å². The highest BCUT2D eigenvalue weighted by atomic mass is 32.2. The molecule has 0 heterocycles. The lowest BCUT2D eigenvalue weighted by atomic mass is 9.99. The third kappa shape index (κ3) is 6.89. The van der Waals surface area contributed by atoms with Crippen LogP contribution in [0.15, 0.2) is 30.3 Å². The van der Waals surface area contributed by atoms with Crippen LogP contribution in [0.25, 0.3) is 0 Å². The number of rotatable bonds is 8. The Morgan fingerprint density at radius 2 is 1.86 bits per heavy atom. The van der Waals surface area contributed by atoms with Crippen molar-refractivity contribution in [1.29, 1.82) is 0 Å². The Hall–Kier alpha value is -1.89. The monoisotopic (exact) mass is 313 g/mol. The zero-order valence-electron chi connectivity index (χ0n) is 11.8. The summed E-state index contributed by atoms with van der Waals surface area (Å²) in [5.74, 6) is -2.23. The van der Waals surface area contributed by atoms with Gasteiger partial charge in [-0.05, 0) is 12.0 Å². The van der Waals surface area contributed by atoms with Gasteiger partial charge < -0.3 is 10.4 Å². The largest absolute Gasteiger partial charge is 0.481 e. The highest BCUT2D eigenvalue weighted by molar-refractivity contribution is 7.90. The highest BCUT2D eigenvalue weighted by Crippen LogP contribution is 2.14. The van der Waals surface area contributed by atoms with E-state index < -0.39 is 21.7 Å². The number of benzene rings is 1. The van der Waals surface area contributed by atoms with Crippen molar-refractivity contribution in [3.8, 4) is 0 Å². The summed E-state index contributed by atoms with van der Waals surface area (Å²) in [5.41, 5.74) is 0.612. The van der Waals surface area contributed by atoms with Gasteiger partial charge in [0, 0.05) is 19.2 Å². The fourth-order valence-electron chi connectivity index (χ4n) is 1.83. The van der Waals surface area contributed by atoms with Gasteiger partial charge in [-0.25, -0.2) is 8.42 Å². The van der Waals surface area contributed by atoms with Crippen molar-refractivity contribution < 1.29 is 23.1 Å². The minimum Gasteiger partial charge on any atom is -0.481 e. The molecule has 0 saturated heterocycles. The predicted octanol–water partition coefficient (Wildman–Crippen LogP) is 0.796. The first-order valence-corrected chi connectivity index (χ1v) is 8.58. The average Bonchev–Trinajstić information content (AvgIpc) is 2.38. The van der Waals surface area contributed by atoms with Crippen molar-refractivity contribution in [2.24, 2.45) is 0 Å². The third-order valence-corrected chi connectivity index (χ3v) is 3.95. The van der Waals surface area contributed by atoms with Gasteiger partial charge in [0.2, 0.25) is 5.91 Å². The number of amides is 1. The number of carbonyl (C=O) groups is 2. The number of hydrogen-bond donors (Lipinski definition) is 2. The van der Waals surface area contributed by atoms with Crippen LogP contribution in [0.5, 0.6) is 0 Å². The van der Waals surface area contributed by atoms with E-state index in [1.54, 1.807) is 30.3 Å². The first-order valence-electron chi connectivity index (χ1n) is 6.52. The Balaban J connectivity index is 2.47. The molecule has 0 saturated carbocycles. The van der Waals surface area contributed by atoms with E-state index in [1.807, 2.05) is 0 Å². The van der Waals surface area contributed by atoms with Crippen LogP contribution in [0.4, 0.5) is 0 Å². The number of aliphatic carboxylic acids is 1. The highest BCUT2D eigenvalue weighted by Gasteiger charge is 2.20. The summed E-state index contributed by atoms with van der Waals surface area (Å²) in [5, 5.41) is 11.7. The molecular formula is C14H19NO5S. The van der Waals surface area contributed by atoms with Crippen LogP contribution in [-0.4, -0.2) is 44.0 Å². The van der Waals surface area contributed by atoms with Gasteiger partial charge in [-0.3, -0.25) is 9.59 Å². The average molecular weight is 313 g/mol. The summed E-state index contributed by atoms with van der Waals surface area (Å²) >= 11 is 0. The molecule has 0 aliphatic rings. The number of carboxylic acids is 1. The summed E-state index contributed by atoms with van der Waals surface area (Å²) in [6, 6.07) is 8.63. The molecule has 0 aromatic heterocycles. The van der Waals surface area contributed by atoms with Gasteiger partial charge in [-0.1, -0.05) is 30.3 Å². The SMILES string of the molecule is CS(=O)(=O)CCCC(=O)NCC(C(=O)O)c1ccccc1. The van der Waals surface area contributed by atoms with Crippen LogP contribution >= 0.6 is 0 Å². The number of sulfone groups is 1. The molecule has 0 aliphatic carbocycles. The van der Waals surface area contributed by atoms with E-state index in [4.69, 9.17) is 0 Å². The maximum absolute atomic E-state index is 11.6. The maximum Gasteiger partial charge on any atom is 0.312 e. The second kappa shape index (κ2) is 7.78. The fourth-order valence-corrected chi connectivity index (χ4v) is 2.50. The third-order valence-electron chi connectivity index (χ3n) is 2.92. The molecule has 1 unspecified atom stereocenters. The van der Waals surface area contributed by atoms with Gasteiger partial charge in [-0.2, -0.15) is 0 Å². The van der Waals surface area contributed by atoms with Crippen LogP contribution in [0.1, 0.15) is 24.3 Å². The molecule has 7 heteroatoms. The Bertz CT molecular complexity index is 583. The van der Waals surface area contributed by atoms with Crippen molar-refractivity contribution in [3.63, 3.8) is 0 Å². The van der Waals surface area contributed by atoms with E-state index in [2.05, 4.69) is 5.32 Å². The van der Waals surface area contributed by atoms with E-state index in [0.29, 0.717) is 5.56 Å². The van der Waals surface area contributed by atoms with Gasteiger partial charge in [0.1, 0.15) is 9.84 Å². The number of nitrogens with one attached hydrogen (secondary N) is 1. The second-order valence-corrected chi connectivity index (χ2v) is 7.10. The van der Waals surface area contributed by atoms with Crippen molar-refractivity contribution in [2.45, 2.75) is 18.8 Å². The molecular weight excluding hydrogens is 294 g/mol. The van der Waals surface area contributed by atoms with E-state index in [0.717, 1.165) is 6.26 Å². The Morgan fingerprint density at radius 1 is 1.24 bits per heavy atom. The van der Waals surface area contributed by atoms with Gasteiger partial charge in [0.15, 0.2) is 0 Å². The van der Waals surface area contributed by atoms with Crippen LogP contribution in [-0.2, 0) is 19.4 Å². The molecule has 2 N–H and O–H groups in total. The first-order chi connectivity index (χ1) is 9.79. The molecule has 116 valence electrons. The smallest absolute Gasteiger partial charge is 0.312 e. The normalized spacial score (nSPS) is 12.6. The standard InChI is InChI=1S/C14H19NO5S/c1-21(19,20)9-5-8-13(16)15-10-12(14(17)18)11-6-3-2-4-7-11/h2-4,6-7,12H,5,8-10H2,1H3,(H,15,16)(H,17,18). The van der Waals surface area contributed by atoms with E-state index in [-0.39, 0.29) is 31.0 Å². The van der Waals surface area contributed by atoms with Crippen LogP contribution in [0.3, 0.4) is 0 Å². The maximum atomic E-state index is 11.6. The quantitative estimate of drug-likeness (QED) is 0.739. The number of carboxylic acid groups (broad SMARTS) is 1. The number of hydrogen-bond acceptors (Lipinski definition) is 4. The predicted molar refractivity (Wildman–Crippen MR) is 78.8 cm³/mol. The minimum absolute atomic E-state index is 0.0168. The van der Waals surface area contributed by atoms with Gasteiger partial charge in [0.05, 0.1) is 11.7 Å². The second-order valence-electron chi connectivity index (χ2n) is 4.84. The number of carbonyl (C=O) groups excluding carboxylic acids is 1. The van der Waals surface area contributed by atoms with E-state index >= 15 is 0 Å². The van der Waals surface area contributed by atoms with Crippen LogP contribution < -0.4 is 5.32 Å². The molecule has 1 atom stereocenters. The lowest BCUT2D eigenvalue weighted by molar-refractivity contribution is -0.138. The summed E-state index contributed by atoms with van der Waals surface area (Å²) in [6.07, 6.45) is 1.41. The lowest BCUT2D eigenvalue weighted by Crippen LogP contribution is -2.31. The Kier molecular flexibility index (Phi) is 6.36. The lowest BCUT2D eigenvalue weighted by Gasteiger charge is -2.13. The molecule has 0 radical (unpaired) electrons. The first kappa shape index (κ1) is 17.2. The molecule has 6 nitrogen and oxygen atoms in total. The zero-order chi connectivity index (χ0) is 15.9. The summed E-state index contributed by atoms with van der Waals surface area (Å²) in [7, 11) is -3.08.